The average molecular weight is 365 g/mol. The Morgan fingerprint density at radius 1 is 1.23 bits per heavy atom. The third-order valence-electron chi connectivity index (χ3n) is 4.77. The molecule has 138 valence electrons. The van der Waals surface area contributed by atoms with Crippen molar-refractivity contribution in [1.29, 1.82) is 0 Å². The lowest BCUT2D eigenvalue weighted by molar-refractivity contribution is -0.137. The number of carbonyl (C=O) groups is 1. The predicted octanol–water partition coefficient (Wildman–Crippen LogP) is 2.66. The Bertz CT molecular complexity index is 799. The van der Waals surface area contributed by atoms with Crippen LogP contribution in [0.25, 0.3) is 11.4 Å². The Hall–Kier alpha value is -2.45. The number of rotatable bonds is 6. The van der Waals surface area contributed by atoms with Gasteiger partial charge in [-0.3, -0.25) is 4.79 Å². The van der Waals surface area contributed by atoms with Crippen molar-refractivity contribution < 1.29 is 18.0 Å². The molecule has 26 heavy (non-hydrogen) atoms. The minimum absolute atomic E-state index is 0.0600. The molecule has 1 N–H and O–H groups in total. The number of amides is 1. The molecule has 0 saturated heterocycles. The first-order valence-electron chi connectivity index (χ1n) is 8.65. The van der Waals surface area contributed by atoms with E-state index in [2.05, 4.69) is 20.7 Å². The number of benzene rings is 1. The van der Waals surface area contributed by atoms with Crippen LogP contribution in [-0.4, -0.2) is 32.2 Å². The second kappa shape index (κ2) is 6.37. The Labute approximate surface area is 147 Å². The summed E-state index contributed by atoms with van der Waals surface area (Å²) in [6.07, 6.45) is 0.184. The molecule has 2 fully saturated rings. The van der Waals surface area contributed by atoms with E-state index in [-0.39, 0.29) is 29.9 Å². The highest BCUT2D eigenvalue weighted by Crippen LogP contribution is 2.44. The van der Waals surface area contributed by atoms with Gasteiger partial charge in [0.15, 0.2) is 0 Å². The standard InChI is InChI=1S/C17H18F3N5O/c18-17(19,20)13-3-1-2-12(8-13)16-22-24-25(23-16)9-14(26)21-15(10-4-5-10)11-6-7-11/h1-3,8,10-11,15H,4-7,9H2,(H,21,26). The summed E-state index contributed by atoms with van der Waals surface area (Å²) in [4.78, 5) is 13.3. The number of nitrogens with one attached hydrogen (secondary N) is 1. The third kappa shape index (κ3) is 3.86. The van der Waals surface area contributed by atoms with Crippen LogP contribution in [-0.2, 0) is 17.5 Å². The molecule has 2 aliphatic carbocycles. The Kier molecular flexibility index (Phi) is 4.16. The molecule has 1 aromatic carbocycles. The normalized spacial score (nSPS) is 17.5. The minimum Gasteiger partial charge on any atom is -0.351 e. The van der Waals surface area contributed by atoms with Gasteiger partial charge in [0.05, 0.1) is 5.56 Å². The molecule has 6 nitrogen and oxygen atoms in total. The number of tetrazole rings is 1. The van der Waals surface area contributed by atoms with Crippen LogP contribution < -0.4 is 5.32 Å². The van der Waals surface area contributed by atoms with Gasteiger partial charge in [-0.2, -0.15) is 18.0 Å². The smallest absolute Gasteiger partial charge is 0.351 e. The summed E-state index contributed by atoms with van der Waals surface area (Å²) in [6, 6.07) is 4.96. The lowest BCUT2D eigenvalue weighted by atomic mass is 10.1. The Morgan fingerprint density at radius 2 is 1.92 bits per heavy atom. The van der Waals surface area contributed by atoms with Gasteiger partial charge in [-0.15, -0.1) is 10.2 Å². The molecule has 2 aliphatic rings. The molecular formula is C17H18F3N5O. The number of hydrogen-bond donors (Lipinski definition) is 1. The van der Waals surface area contributed by atoms with E-state index in [0.29, 0.717) is 11.8 Å². The van der Waals surface area contributed by atoms with Crippen molar-refractivity contribution in [2.24, 2.45) is 11.8 Å². The summed E-state index contributed by atoms with van der Waals surface area (Å²) >= 11 is 0. The summed E-state index contributed by atoms with van der Waals surface area (Å²) in [5.41, 5.74) is -0.568. The maximum Gasteiger partial charge on any atom is 0.416 e. The SMILES string of the molecule is O=C(Cn1nnc(-c2cccc(C(F)(F)F)c2)n1)NC(C1CC1)C1CC1. The first-order valence-corrected chi connectivity index (χ1v) is 8.65. The van der Waals surface area contributed by atoms with Gasteiger partial charge in [-0.05, 0) is 54.9 Å². The van der Waals surface area contributed by atoms with Crippen LogP contribution in [0, 0.1) is 11.8 Å². The van der Waals surface area contributed by atoms with Crippen LogP contribution in [0.1, 0.15) is 31.2 Å². The highest BCUT2D eigenvalue weighted by atomic mass is 19.4. The number of aromatic nitrogens is 4. The van der Waals surface area contributed by atoms with Gasteiger partial charge < -0.3 is 5.32 Å². The molecule has 1 heterocycles. The molecule has 0 unspecified atom stereocenters. The van der Waals surface area contributed by atoms with Crippen LogP contribution in [0.4, 0.5) is 13.2 Å². The van der Waals surface area contributed by atoms with Crippen molar-refractivity contribution in [3.8, 4) is 11.4 Å². The largest absolute Gasteiger partial charge is 0.416 e. The fourth-order valence-corrected chi connectivity index (χ4v) is 3.15. The van der Waals surface area contributed by atoms with Crippen LogP contribution in [0.2, 0.25) is 0 Å². The molecule has 0 atom stereocenters. The maximum atomic E-state index is 12.8. The van der Waals surface area contributed by atoms with E-state index in [1.165, 1.54) is 12.1 Å². The van der Waals surface area contributed by atoms with Crippen LogP contribution in [0.3, 0.4) is 0 Å². The van der Waals surface area contributed by atoms with E-state index in [9.17, 15) is 18.0 Å². The van der Waals surface area contributed by atoms with Crippen molar-refractivity contribution in [1.82, 2.24) is 25.5 Å². The molecule has 0 bridgehead atoms. The first kappa shape index (κ1) is 17.0. The molecule has 2 aromatic rings. The molecule has 9 heteroatoms. The fraction of sp³-hybridized carbons (Fsp3) is 0.529. The molecular weight excluding hydrogens is 347 g/mol. The number of nitrogens with zero attached hydrogens (tertiary/aromatic N) is 4. The molecule has 1 amide bonds. The van der Waals surface area contributed by atoms with Gasteiger partial charge in [0.2, 0.25) is 11.7 Å². The number of carbonyl (C=O) groups excluding carboxylic acids is 1. The zero-order valence-corrected chi connectivity index (χ0v) is 13.9. The van der Waals surface area contributed by atoms with Crippen molar-refractivity contribution >= 4 is 5.91 Å². The van der Waals surface area contributed by atoms with E-state index in [4.69, 9.17) is 0 Å². The van der Waals surface area contributed by atoms with Gasteiger partial charge in [0.1, 0.15) is 6.54 Å². The molecule has 0 aliphatic heterocycles. The lowest BCUT2D eigenvalue weighted by Gasteiger charge is -2.17. The van der Waals surface area contributed by atoms with Gasteiger partial charge >= 0.3 is 6.18 Å². The van der Waals surface area contributed by atoms with Crippen molar-refractivity contribution in [3.05, 3.63) is 29.8 Å². The van der Waals surface area contributed by atoms with E-state index >= 15 is 0 Å². The van der Waals surface area contributed by atoms with Crippen LogP contribution >= 0.6 is 0 Å². The fourth-order valence-electron chi connectivity index (χ4n) is 3.15. The molecule has 4 rings (SSSR count). The second-order valence-electron chi connectivity index (χ2n) is 6.99. The Balaban J connectivity index is 1.42. The molecule has 2 saturated carbocycles. The zero-order valence-electron chi connectivity index (χ0n) is 13.9. The number of hydrogen-bond acceptors (Lipinski definition) is 4. The summed E-state index contributed by atoms with van der Waals surface area (Å²) in [7, 11) is 0. The highest BCUT2D eigenvalue weighted by molar-refractivity contribution is 5.76. The monoisotopic (exact) mass is 365 g/mol. The zero-order chi connectivity index (χ0) is 18.3. The van der Waals surface area contributed by atoms with Gasteiger partial charge in [0, 0.05) is 11.6 Å². The van der Waals surface area contributed by atoms with Gasteiger partial charge in [-0.25, -0.2) is 0 Å². The van der Waals surface area contributed by atoms with Crippen LogP contribution in [0.15, 0.2) is 24.3 Å². The second-order valence-corrected chi connectivity index (χ2v) is 6.99. The van der Waals surface area contributed by atoms with E-state index < -0.39 is 11.7 Å². The van der Waals surface area contributed by atoms with Crippen molar-refractivity contribution in [2.75, 3.05) is 0 Å². The van der Waals surface area contributed by atoms with E-state index in [1.54, 1.807) is 0 Å². The first-order chi connectivity index (χ1) is 12.4. The third-order valence-corrected chi connectivity index (χ3v) is 4.77. The summed E-state index contributed by atoms with van der Waals surface area (Å²) in [5.74, 6) is 1.03. The van der Waals surface area contributed by atoms with E-state index in [0.717, 1.165) is 42.6 Å². The maximum absolute atomic E-state index is 12.8. The topological polar surface area (TPSA) is 72.7 Å². The van der Waals surface area contributed by atoms with Crippen LogP contribution in [0.5, 0.6) is 0 Å². The molecule has 1 aromatic heterocycles. The minimum atomic E-state index is -4.44. The van der Waals surface area contributed by atoms with E-state index in [1.807, 2.05) is 0 Å². The molecule has 0 radical (unpaired) electrons. The summed E-state index contributed by atoms with van der Waals surface area (Å²) in [6.45, 7) is -0.0953. The number of alkyl halides is 3. The molecule has 0 spiro atoms. The number of halogens is 3. The Morgan fingerprint density at radius 3 is 2.54 bits per heavy atom. The quantitative estimate of drug-likeness (QED) is 0.854. The van der Waals surface area contributed by atoms with Crippen molar-refractivity contribution in [3.63, 3.8) is 0 Å². The highest BCUT2D eigenvalue weighted by Gasteiger charge is 2.42. The van der Waals surface area contributed by atoms with Crippen molar-refractivity contribution in [2.45, 2.75) is 44.4 Å². The lowest BCUT2D eigenvalue weighted by Crippen LogP contribution is -2.40. The van der Waals surface area contributed by atoms with Gasteiger partial charge in [0.25, 0.3) is 0 Å². The summed E-state index contributed by atoms with van der Waals surface area (Å²) < 4.78 is 38.4. The average Bonchev–Trinajstić information content (AvgIpc) is 3.51. The predicted molar refractivity (Wildman–Crippen MR) is 85.6 cm³/mol. The van der Waals surface area contributed by atoms with Gasteiger partial charge in [-0.1, -0.05) is 12.1 Å². The summed E-state index contributed by atoms with van der Waals surface area (Å²) in [5, 5.41) is 14.6.